The van der Waals surface area contributed by atoms with Crippen molar-refractivity contribution in [3.05, 3.63) is 65.9 Å². The lowest BCUT2D eigenvalue weighted by molar-refractivity contribution is 0.0790. The molecule has 1 aromatic heterocycles. The summed E-state index contributed by atoms with van der Waals surface area (Å²) in [4.78, 5) is 14.2. The molecule has 0 saturated heterocycles. The predicted molar refractivity (Wildman–Crippen MR) is 114 cm³/mol. The molecule has 0 spiro atoms. The number of aryl methyl sites for hydroxylation is 1. The van der Waals surface area contributed by atoms with Gasteiger partial charge in [0.25, 0.3) is 5.91 Å². The Bertz CT molecular complexity index is 1130. The first-order chi connectivity index (χ1) is 14.3. The zero-order valence-electron chi connectivity index (χ0n) is 16.8. The highest BCUT2D eigenvalue weighted by Gasteiger charge is 2.20. The van der Waals surface area contributed by atoms with Crippen molar-refractivity contribution in [2.75, 3.05) is 20.7 Å². The highest BCUT2D eigenvalue weighted by molar-refractivity contribution is 7.89. The molecular formula is C21H24N4O4S. The number of amides is 1. The van der Waals surface area contributed by atoms with Crippen LogP contribution < -0.4 is 9.88 Å². The molecule has 3 N–H and O–H groups in total. The maximum atomic E-state index is 12.8. The predicted octanol–water partition coefficient (Wildman–Crippen LogP) is 2.44. The van der Waals surface area contributed by atoms with Gasteiger partial charge >= 0.3 is 0 Å². The molecule has 1 amide bonds. The molecule has 0 fully saturated rings. The fourth-order valence-electron chi connectivity index (χ4n) is 3.09. The van der Waals surface area contributed by atoms with Gasteiger partial charge in [-0.15, -0.1) is 0 Å². The van der Waals surface area contributed by atoms with Crippen molar-refractivity contribution in [2.24, 2.45) is 5.14 Å². The quantitative estimate of drug-likeness (QED) is 0.571. The zero-order chi connectivity index (χ0) is 21.7. The van der Waals surface area contributed by atoms with Gasteiger partial charge in [-0.3, -0.25) is 9.89 Å². The summed E-state index contributed by atoms with van der Waals surface area (Å²) < 4.78 is 28.4. The zero-order valence-corrected chi connectivity index (χ0v) is 17.6. The van der Waals surface area contributed by atoms with Crippen LogP contribution in [0.1, 0.15) is 22.5 Å². The van der Waals surface area contributed by atoms with Crippen molar-refractivity contribution in [3.8, 4) is 17.0 Å². The summed E-state index contributed by atoms with van der Waals surface area (Å²) in [5.41, 5.74) is 3.04. The van der Waals surface area contributed by atoms with E-state index in [-0.39, 0.29) is 16.4 Å². The van der Waals surface area contributed by atoms with Crippen LogP contribution in [0.15, 0.2) is 59.5 Å². The topological polar surface area (TPSA) is 118 Å². The minimum atomic E-state index is -3.92. The van der Waals surface area contributed by atoms with Gasteiger partial charge in [-0.25, -0.2) is 13.6 Å². The minimum Gasteiger partial charge on any atom is -0.496 e. The number of carbonyl (C=O) groups excluding carboxylic acids is 1. The van der Waals surface area contributed by atoms with E-state index in [2.05, 4.69) is 10.2 Å². The van der Waals surface area contributed by atoms with Crippen LogP contribution in [-0.4, -0.2) is 50.1 Å². The number of aromatic nitrogens is 2. The van der Waals surface area contributed by atoms with Gasteiger partial charge in [-0.2, -0.15) is 5.10 Å². The highest BCUT2D eigenvalue weighted by Crippen LogP contribution is 2.23. The van der Waals surface area contributed by atoms with Crippen LogP contribution >= 0.6 is 0 Å². The molecule has 0 radical (unpaired) electrons. The third-order valence-electron chi connectivity index (χ3n) is 4.72. The van der Waals surface area contributed by atoms with Crippen LogP contribution in [0.4, 0.5) is 0 Å². The summed E-state index contributed by atoms with van der Waals surface area (Å²) >= 11 is 0. The molecule has 0 saturated carbocycles. The second-order valence-corrected chi connectivity index (χ2v) is 8.44. The molecule has 0 unspecified atom stereocenters. The standard InChI is InChI=1S/C21H24N4O4S/c1-25(21(26)18-14-17(30(22,27)28)10-11-20(18)29-2)12-6-9-16-13-19(24-23-16)15-7-4-3-5-8-15/h3-5,7-8,10-11,13-14H,6,9,12H2,1-2H3,(H,23,24)(H2,22,27,28). The second-order valence-electron chi connectivity index (χ2n) is 6.88. The van der Waals surface area contributed by atoms with Crippen molar-refractivity contribution in [3.63, 3.8) is 0 Å². The van der Waals surface area contributed by atoms with Crippen molar-refractivity contribution in [1.29, 1.82) is 0 Å². The number of nitrogens with one attached hydrogen (secondary N) is 1. The Morgan fingerprint density at radius 2 is 1.90 bits per heavy atom. The fourth-order valence-corrected chi connectivity index (χ4v) is 3.63. The first kappa shape index (κ1) is 21.5. The molecule has 0 atom stereocenters. The van der Waals surface area contributed by atoms with Crippen LogP contribution in [0.25, 0.3) is 11.3 Å². The van der Waals surface area contributed by atoms with E-state index in [4.69, 9.17) is 9.88 Å². The molecule has 0 bridgehead atoms. The van der Waals surface area contributed by atoms with E-state index in [0.29, 0.717) is 25.1 Å². The summed E-state index contributed by atoms with van der Waals surface area (Å²) in [5.74, 6) is -0.0488. The number of H-pyrrole nitrogens is 1. The molecule has 8 nitrogen and oxygen atoms in total. The number of nitrogens with two attached hydrogens (primary N) is 1. The lowest BCUT2D eigenvalue weighted by Crippen LogP contribution is -2.28. The van der Waals surface area contributed by atoms with Crippen LogP contribution in [-0.2, 0) is 16.4 Å². The van der Waals surface area contributed by atoms with Crippen LogP contribution in [0.5, 0.6) is 5.75 Å². The van der Waals surface area contributed by atoms with Gasteiger partial charge in [0.05, 0.1) is 23.3 Å². The van der Waals surface area contributed by atoms with Gasteiger partial charge in [-0.05, 0) is 37.1 Å². The van der Waals surface area contributed by atoms with Gasteiger partial charge in [-0.1, -0.05) is 30.3 Å². The van der Waals surface area contributed by atoms with Gasteiger partial charge in [0.2, 0.25) is 10.0 Å². The van der Waals surface area contributed by atoms with E-state index in [1.54, 1.807) is 7.05 Å². The first-order valence-electron chi connectivity index (χ1n) is 9.35. The molecule has 0 aliphatic rings. The largest absolute Gasteiger partial charge is 0.496 e. The number of rotatable bonds is 8. The molecule has 158 valence electrons. The number of hydrogen-bond donors (Lipinski definition) is 2. The number of primary sulfonamides is 1. The summed E-state index contributed by atoms with van der Waals surface area (Å²) in [6, 6.07) is 15.9. The summed E-state index contributed by atoms with van der Waals surface area (Å²) in [6.45, 7) is 0.473. The Balaban J connectivity index is 1.63. The van der Waals surface area contributed by atoms with Crippen molar-refractivity contribution in [1.82, 2.24) is 15.1 Å². The lowest BCUT2D eigenvalue weighted by Gasteiger charge is -2.19. The number of carbonyl (C=O) groups is 1. The highest BCUT2D eigenvalue weighted by atomic mass is 32.2. The van der Waals surface area contributed by atoms with Gasteiger partial charge in [0.1, 0.15) is 5.75 Å². The summed E-state index contributed by atoms with van der Waals surface area (Å²) in [5, 5.41) is 12.5. The number of benzene rings is 2. The third-order valence-corrected chi connectivity index (χ3v) is 5.63. The molecule has 0 aliphatic carbocycles. The average Bonchev–Trinajstić information content (AvgIpc) is 3.21. The van der Waals surface area contributed by atoms with E-state index in [0.717, 1.165) is 17.0 Å². The molecule has 2 aromatic carbocycles. The van der Waals surface area contributed by atoms with Crippen molar-refractivity contribution < 1.29 is 17.9 Å². The monoisotopic (exact) mass is 428 g/mol. The third kappa shape index (κ3) is 5.05. The molecule has 3 rings (SSSR count). The fraction of sp³-hybridized carbons (Fsp3) is 0.238. The first-order valence-corrected chi connectivity index (χ1v) is 10.9. The minimum absolute atomic E-state index is 0.133. The molecule has 0 aliphatic heterocycles. The Morgan fingerprint density at radius 3 is 2.57 bits per heavy atom. The Labute approximate surface area is 175 Å². The molecule has 30 heavy (non-hydrogen) atoms. The Morgan fingerprint density at radius 1 is 1.17 bits per heavy atom. The molecule has 9 heteroatoms. The molecular weight excluding hydrogens is 404 g/mol. The second kappa shape index (κ2) is 9.10. The van der Waals surface area contributed by atoms with E-state index >= 15 is 0 Å². The molecule has 3 aromatic rings. The van der Waals surface area contributed by atoms with Crippen molar-refractivity contribution >= 4 is 15.9 Å². The van der Waals surface area contributed by atoms with E-state index < -0.39 is 10.0 Å². The smallest absolute Gasteiger partial charge is 0.257 e. The van der Waals surface area contributed by atoms with E-state index in [9.17, 15) is 13.2 Å². The maximum absolute atomic E-state index is 12.8. The number of aromatic amines is 1. The van der Waals surface area contributed by atoms with E-state index in [1.165, 1.54) is 30.2 Å². The van der Waals surface area contributed by atoms with E-state index in [1.807, 2.05) is 36.4 Å². The maximum Gasteiger partial charge on any atom is 0.257 e. The number of ether oxygens (including phenoxy) is 1. The molecule has 1 heterocycles. The van der Waals surface area contributed by atoms with Crippen LogP contribution in [0.2, 0.25) is 0 Å². The van der Waals surface area contributed by atoms with Crippen LogP contribution in [0.3, 0.4) is 0 Å². The van der Waals surface area contributed by atoms with Gasteiger partial charge in [0.15, 0.2) is 0 Å². The number of sulfonamides is 1. The van der Waals surface area contributed by atoms with Crippen LogP contribution in [0, 0.1) is 0 Å². The number of methoxy groups -OCH3 is 1. The van der Waals surface area contributed by atoms with Crippen molar-refractivity contribution in [2.45, 2.75) is 17.7 Å². The van der Waals surface area contributed by atoms with Gasteiger partial charge in [0, 0.05) is 24.8 Å². The SMILES string of the molecule is COc1ccc(S(N)(=O)=O)cc1C(=O)N(C)CCCc1cc(-c2ccccc2)n[nH]1. The Kier molecular flexibility index (Phi) is 6.53. The van der Waals surface area contributed by atoms with Gasteiger partial charge < -0.3 is 9.64 Å². The number of hydrogen-bond acceptors (Lipinski definition) is 5. The Hall–Kier alpha value is -3.17. The normalized spacial score (nSPS) is 11.3. The summed E-state index contributed by atoms with van der Waals surface area (Å²) in [7, 11) is -0.838. The lowest BCUT2D eigenvalue weighted by atomic mass is 10.1. The average molecular weight is 429 g/mol. The summed E-state index contributed by atoms with van der Waals surface area (Å²) in [6.07, 6.45) is 1.42. The number of nitrogens with zero attached hydrogens (tertiary/aromatic N) is 2.